The SMILES string of the molecule is CCC(=O)c1ccc(OCC(=O)N2CCN(Cc3cc(C)no3)CC2)cc1. The normalized spacial score (nSPS) is 15.0. The Hall–Kier alpha value is -2.67. The molecule has 2 heterocycles. The summed E-state index contributed by atoms with van der Waals surface area (Å²) in [5.41, 5.74) is 1.54. The summed E-state index contributed by atoms with van der Waals surface area (Å²) in [6.07, 6.45) is 0.473. The Morgan fingerprint density at radius 2 is 1.85 bits per heavy atom. The molecule has 7 nitrogen and oxygen atoms in total. The van der Waals surface area contributed by atoms with Gasteiger partial charge in [0.1, 0.15) is 5.75 Å². The molecule has 0 aliphatic carbocycles. The lowest BCUT2D eigenvalue weighted by Crippen LogP contribution is -2.49. The Labute approximate surface area is 158 Å². The zero-order valence-corrected chi connectivity index (χ0v) is 15.8. The van der Waals surface area contributed by atoms with E-state index in [0.29, 0.717) is 37.4 Å². The fourth-order valence-electron chi connectivity index (χ4n) is 3.04. The molecule has 0 spiro atoms. The van der Waals surface area contributed by atoms with Gasteiger partial charge in [0, 0.05) is 44.2 Å². The first kappa shape index (κ1) is 19.1. The summed E-state index contributed by atoms with van der Waals surface area (Å²) in [7, 11) is 0. The van der Waals surface area contributed by atoms with E-state index in [2.05, 4.69) is 10.1 Å². The molecule has 0 atom stereocenters. The number of hydrogen-bond acceptors (Lipinski definition) is 6. The van der Waals surface area contributed by atoms with Crippen LogP contribution in [0, 0.1) is 6.92 Å². The zero-order valence-electron chi connectivity index (χ0n) is 15.8. The molecule has 27 heavy (non-hydrogen) atoms. The number of rotatable bonds is 7. The van der Waals surface area contributed by atoms with E-state index in [4.69, 9.17) is 9.26 Å². The summed E-state index contributed by atoms with van der Waals surface area (Å²) in [5.74, 6) is 1.51. The van der Waals surface area contributed by atoms with Gasteiger partial charge >= 0.3 is 0 Å². The van der Waals surface area contributed by atoms with Crippen molar-refractivity contribution in [3.8, 4) is 5.75 Å². The lowest BCUT2D eigenvalue weighted by molar-refractivity contribution is -0.135. The molecule has 1 amide bonds. The summed E-state index contributed by atoms with van der Waals surface area (Å²) in [5, 5.41) is 3.90. The van der Waals surface area contributed by atoms with Crippen molar-refractivity contribution in [2.75, 3.05) is 32.8 Å². The maximum absolute atomic E-state index is 12.4. The monoisotopic (exact) mass is 371 g/mol. The number of aryl methyl sites for hydroxylation is 1. The van der Waals surface area contributed by atoms with Crippen LogP contribution in [0.15, 0.2) is 34.9 Å². The standard InChI is InChI=1S/C20H25N3O4/c1-3-19(24)16-4-6-17(7-5-16)26-14-20(25)23-10-8-22(9-11-23)13-18-12-15(2)21-27-18/h4-7,12H,3,8-11,13-14H2,1-2H3. The minimum absolute atomic E-state index is 0.00235. The van der Waals surface area contributed by atoms with Crippen molar-refractivity contribution in [2.45, 2.75) is 26.8 Å². The van der Waals surface area contributed by atoms with Gasteiger partial charge in [-0.15, -0.1) is 0 Å². The lowest BCUT2D eigenvalue weighted by Gasteiger charge is -2.34. The summed E-state index contributed by atoms with van der Waals surface area (Å²) < 4.78 is 10.8. The predicted molar refractivity (Wildman–Crippen MR) is 99.7 cm³/mol. The van der Waals surface area contributed by atoms with Gasteiger partial charge in [-0.05, 0) is 31.2 Å². The largest absolute Gasteiger partial charge is 0.484 e. The molecule has 144 valence electrons. The van der Waals surface area contributed by atoms with Crippen LogP contribution in [0.2, 0.25) is 0 Å². The van der Waals surface area contributed by atoms with Crippen LogP contribution in [0.1, 0.15) is 35.2 Å². The van der Waals surface area contributed by atoms with Crippen LogP contribution in [0.4, 0.5) is 0 Å². The molecule has 0 N–H and O–H groups in total. The number of piperazine rings is 1. The van der Waals surface area contributed by atoms with Gasteiger partial charge < -0.3 is 14.2 Å². The number of ether oxygens (including phenoxy) is 1. The second-order valence-electron chi connectivity index (χ2n) is 6.68. The average Bonchev–Trinajstić information content (AvgIpc) is 3.11. The fourth-order valence-corrected chi connectivity index (χ4v) is 3.04. The Bertz CT molecular complexity index is 777. The average molecular weight is 371 g/mol. The third-order valence-corrected chi connectivity index (χ3v) is 4.64. The minimum atomic E-state index is -0.0288. The van der Waals surface area contributed by atoms with Crippen LogP contribution in [-0.4, -0.2) is 59.4 Å². The molecule has 7 heteroatoms. The number of nitrogens with zero attached hydrogens (tertiary/aromatic N) is 3. The number of ketones is 1. The number of aromatic nitrogens is 1. The van der Waals surface area contributed by atoms with Crippen LogP contribution >= 0.6 is 0 Å². The van der Waals surface area contributed by atoms with E-state index in [1.807, 2.05) is 24.8 Å². The van der Waals surface area contributed by atoms with E-state index in [0.717, 1.165) is 24.5 Å². The van der Waals surface area contributed by atoms with E-state index >= 15 is 0 Å². The zero-order chi connectivity index (χ0) is 19.2. The van der Waals surface area contributed by atoms with Crippen molar-refractivity contribution in [1.29, 1.82) is 0 Å². The summed E-state index contributed by atoms with van der Waals surface area (Å²) in [6.45, 7) is 7.36. The highest BCUT2D eigenvalue weighted by molar-refractivity contribution is 5.95. The Kier molecular flexibility index (Phi) is 6.24. The molecule has 1 aliphatic heterocycles. The highest BCUT2D eigenvalue weighted by Crippen LogP contribution is 2.14. The van der Waals surface area contributed by atoms with Crippen LogP contribution in [-0.2, 0) is 11.3 Å². The van der Waals surface area contributed by atoms with Crippen LogP contribution in [0.5, 0.6) is 5.75 Å². The van der Waals surface area contributed by atoms with Crippen molar-refractivity contribution in [1.82, 2.24) is 15.0 Å². The molecule has 0 unspecified atom stereocenters. The second-order valence-corrected chi connectivity index (χ2v) is 6.68. The molecule has 1 aliphatic rings. The minimum Gasteiger partial charge on any atom is -0.484 e. The van der Waals surface area contributed by atoms with E-state index < -0.39 is 0 Å². The molecule has 1 fully saturated rings. The van der Waals surface area contributed by atoms with Gasteiger partial charge in [0.05, 0.1) is 12.2 Å². The number of carbonyl (C=O) groups is 2. The predicted octanol–water partition coefficient (Wildman–Crippen LogP) is 2.30. The molecule has 3 rings (SSSR count). The van der Waals surface area contributed by atoms with Gasteiger partial charge in [-0.25, -0.2) is 0 Å². The van der Waals surface area contributed by atoms with Gasteiger partial charge in [0.2, 0.25) is 0 Å². The number of amides is 1. The molecular weight excluding hydrogens is 346 g/mol. The van der Waals surface area contributed by atoms with Gasteiger partial charge in [-0.1, -0.05) is 12.1 Å². The molecule has 1 saturated heterocycles. The lowest BCUT2D eigenvalue weighted by atomic mass is 10.1. The van der Waals surface area contributed by atoms with E-state index in [1.54, 1.807) is 24.3 Å². The number of carbonyl (C=O) groups excluding carboxylic acids is 2. The van der Waals surface area contributed by atoms with Crippen molar-refractivity contribution >= 4 is 11.7 Å². The molecule has 2 aromatic rings. The summed E-state index contributed by atoms with van der Waals surface area (Å²) in [4.78, 5) is 28.0. The smallest absolute Gasteiger partial charge is 0.260 e. The summed E-state index contributed by atoms with van der Waals surface area (Å²) in [6, 6.07) is 8.86. The van der Waals surface area contributed by atoms with Crippen molar-refractivity contribution in [3.63, 3.8) is 0 Å². The maximum atomic E-state index is 12.4. The topological polar surface area (TPSA) is 75.9 Å². The van der Waals surface area contributed by atoms with Crippen LogP contribution in [0.3, 0.4) is 0 Å². The van der Waals surface area contributed by atoms with Crippen molar-refractivity contribution in [2.24, 2.45) is 0 Å². The second kappa shape index (κ2) is 8.81. The number of hydrogen-bond donors (Lipinski definition) is 0. The molecule has 1 aromatic carbocycles. The third kappa shape index (κ3) is 5.17. The first-order valence-corrected chi connectivity index (χ1v) is 9.23. The first-order valence-electron chi connectivity index (χ1n) is 9.23. The van der Waals surface area contributed by atoms with Gasteiger partial charge in [-0.2, -0.15) is 0 Å². The van der Waals surface area contributed by atoms with Crippen molar-refractivity contribution in [3.05, 3.63) is 47.3 Å². The molecule has 0 bridgehead atoms. The number of benzene rings is 1. The first-order chi connectivity index (χ1) is 13.0. The molecule has 0 saturated carbocycles. The van der Waals surface area contributed by atoms with Gasteiger partial charge in [0.15, 0.2) is 18.2 Å². The van der Waals surface area contributed by atoms with Gasteiger partial charge in [0.25, 0.3) is 5.91 Å². The van der Waals surface area contributed by atoms with Crippen molar-refractivity contribution < 1.29 is 18.8 Å². The summed E-state index contributed by atoms with van der Waals surface area (Å²) >= 11 is 0. The van der Waals surface area contributed by atoms with E-state index in [-0.39, 0.29) is 18.3 Å². The quantitative estimate of drug-likeness (QED) is 0.695. The Morgan fingerprint density at radius 3 is 2.44 bits per heavy atom. The third-order valence-electron chi connectivity index (χ3n) is 4.64. The Balaban J connectivity index is 1.42. The number of Topliss-reactive ketones (excluding diaryl/α,β-unsaturated/α-hetero) is 1. The highest BCUT2D eigenvalue weighted by atomic mass is 16.5. The maximum Gasteiger partial charge on any atom is 0.260 e. The molecular formula is C20H25N3O4. The van der Waals surface area contributed by atoms with E-state index in [1.165, 1.54) is 0 Å². The fraction of sp³-hybridized carbons (Fsp3) is 0.450. The Morgan fingerprint density at radius 1 is 1.15 bits per heavy atom. The highest BCUT2D eigenvalue weighted by Gasteiger charge is 2.22. The van der Waals surface area contributed by atoms with Crippen LogP contribution in [0.25, 0.3) is 0 Å². The van der Waals surface area contributed by atoms with Gasteiger partial charge in [-0.3, -0.25) is 14.5 Å². The van der Waals surface area contributed by atoms with Crippen LogP contribution < -0.4 is 4.74 Å². The van der Waals surface area contributed by atoms with E-state index in [9.17, 15) is 9.59 Å². The molecule has 0 radical (unpaired) electrons. The molecule has 1 aromatic heterocycles.